The highest BCUT2D eigenvalue weighted by atomic mass is 16.5. The molecule has 136 valence electrons. The summed E-state index contributed by atoms with van der Waals surface area (Å²) >= 11 is 0. The molecule has 0 aromatic carbocycles. The Labute approximate surface area is 146 Å². The van der Waals surface area contributed by atoms with E-state index in [2.05, 4.69) is 69.2 Å². The van der Waals surface area contributed by atoms with Gasteiger partial charge in [0.05, 0.1) is 11.7 Å². The first-order chi connectivity index (χ1) is 10.2. The molecule has 5 unspecified atom stereocenters. The molecule has 2 fully saturated rings. The highest BCUT2D eigenvalue weighted by molar-refractivity contribution is 5.03. The molecule has 1 heteroatoms. The average molecular weight is 323 g/mol. The molecule has 0 bridgehead atoms. The zero-order chi connectivity index (χ0) is 17.8. The molecule has 0 aromatic heterocycles. The summed E-state index contributed by atoms with van der Waals surface area (Å²) in [6.45, 7) is 24.1. The van der Waals surface area contributed by atoms with Crippen LogP contribution in [0.1, 0.15) is 94.9 Å². The summed E-state index contributed by atoms with van der Waals surface area (Å²) in [6.07, 6.45) is 5.62. The van der Waals surface area contributed by atoms with Gasteiger partial charge in [0.25, 0.3) is 0 Å². The average Bonchev–Trinajstić information content (AvgIpc) is 2.33. The van der Waals surface area contributed by atoms with E-state index in [4.69, 9.17) is 4.74 Å². The van der Waals surface area contributed by atoms with Crippen molar-refractivity contribution in [3.63, 3.8) is 0 Å². The van der Waals surface area contributed by atoms with Crippen molar-refractivity contribution in [2.75, 3.05) is 0 Å². The fourth-order valence-corrected chi connectivity index (χ4v) is 4.92. The summed E-state index contributed by atoms with van der Waals surface area (Å²) in [5.41, 5.74) is 0.986. The predicted molar refractivity (Wildman–Crippen MR) is 101 cm³/mol. The van der Waals surface area contributed by atoms with Crippen molar-refractivity contribution in [1.82, 2.24) is 0 Å². The molecule has 1 heterocycles. The molecule has 0 N–H and O–H groups in total. The second-order valence-electron chi connectivity index (χ2n) is 11.9. The molecule has 1 saturated carbocycles. The standard InChI is InChI=1S/C22H42O/c1-19(2,3)15-11-12-18-16(13-15)17(20(4,5)6)14-22(10,23-18)21(7,8)9/h15-18H,11-14H2,1-10H3. The number of hydrogen-bond donors (Lipinski definition) is 0. The summed E-state index contributed by atoms with van der Waals surface area (Å²) in [6, 6.07) is 0. The number of ether oxygens (including phenoxy) is 1. The second kappa shape index (κ2) is 5.75. The molecule has 5 atom stereocenters. The zero-order valence-electron chi connectivity index (χ0n) is 17.5. The van der Waals surface area contributed by atoms with Crippen molar-refractivity contribution in [3.05, 3.63) is 0 Å². The van der Waals surface area contributed by atoms with E-state index in [1.807, 2.05) is 0 Å². The van der Waals surface area contributed by atoms with Gasteiger partial charge >= 0.3 is 0 Å². The normalized spacial score (nSPS) is 39.9. The van der Waals surface area contributed by atoms with Gasteiger partial charge in [-0.05, 0) is 66.6 Å². The first-order valence-electron chi connectivity index (χ1n) is 9.83. The third-order valence-corrected chi connectivity index (χ3v) is 7.30. The van der Waals surface area contributed by atoms with Gasteiger partial charge in [-0.15, -0.1) is 0 Å². The molecule has 0 aromatic rings. The lowest BCUT2D eigenvalue weighted by molar-refractivity contribution is -0.236. The van der Waals surface area contributed by atoms with Gasteiger partial charge in [-0.2, -0.15) is 0 Å². The van der Waals surface area contributed by atoms with E-state index >= 15 is 0 Å². The van der Waals surface area contributed by atoms with Crippen molar-refractivity contribution in [2.45, 2.75) is 107 Å². The second-order valence-corrected chi connectivity index (χ2v) is 11.9. The van der Waals surface area contributed by atoms with Crippen LogP contribution in [0.3, 0.4) is 0 Å². The SMILES string of the molecule is CC(C)(C)C1CCC2OC(C)(C(C)(C)C)CC(C(C)(C)C)C2C1. The Morgan fingerprint density at radius 3 is 1.83 bits per heavy atom. The Bertz CT molecular complexity index is 417. The molecule has 0 spiro atoms. The monoisotopic (exact) mass is 322 g/mol. The summed E-state index contributed by atoms with van der Waals surface area (Å²) in [5, 5.41) is 0. The van der Waals surface area contributed by atoms with Crippen LogP contribution in [-0.2, 0) is 4.74 Å². The Kier molecular flexibility index (Phi) is 4.82. The minimum Gasteiger partial charge on any atom is -0.371 e. The van der Waals surface area contributed by atoms with Crippen molar-refractivity contribution >= 4 is 0 Å². The maximum atomic E-state index is 6.83. The van der Waals surface area contributed by atoms with E-state index < -0.39 is 0 Å². The summed E-state index contributed by atoms with van der Waals surface area (Å²) in [5.74, 6) is 2.34. The van der Waals surface area contributed by atoms with Gasteiger partial charge in [-0.3, -0.25) is 0 Å². The van der Waals surface area contributed by atoms with Gasteiger partial charge < -0.3 is 4.74 Å². The highest BCUT2D eigenvalue weighted by Gasteiger charge is 2.54. The highest BCUT2D eigenvalue weighted by Crippen LogP contribution is 2.56. The first kappa shape index (κ1) is 19.3. The fourth-order valence-electron chi connectivity index (χ4n) is 4.92. The summed E-state index contributed by atoms with van der Waals surface area (Å²) < 4.78 is 6.83. The van der Waals surface area contributed by atoms with Gasteiger partial charge in [0, 0.05) is 0 Å². The lowest BCUT2D eigenvalue weighted by Crippen LogP contribution is -2.58. The van der Waals surface area contributed by atoms with E-state index in [-0.39, 0.29) is 11.0 Å². The molecule has 1 aliphatic heterocycles. The smallest absolute Gasteiger partial charge is 0.0709 e. The van der Waals surface area contributed by atoms with Gasteiger partial charge in [0.15, 0.2) is 0 Å². The van der Waals surface area contributed by atoms with Crippen LogP contribution < -0.4 is 0 Å². The lowest BCUT2D eigenvalue weighted by atomic mass is 9.55. The largest absolute Gasteiger partial charge is 0.371 e. The third-order valence-electron chi connectivity index (χ3n) is 7.30. The maximum absolute atomic E-state index is 6.83. The van der Waals surface area contributed by atoms with E-state index in [0.717, 1.165) is 17.8 Å². The maximum Gasteiger partial charge on any atom is 0.0709 e. The van der Waals surface area contributed by atoms with Crippen LogP contribution in [0.15, 0.2) is 0 Å². The Hall–Kier alpha value is -0.0400. The number of fused-ring (bicyclic) bond motifs is 1. The molecule has 0 radical (unpaired) electrons. The number of rotatable bonds is 0. The van der Waals surface area contributed by atoms with Crippen LogP contribution >= 0.6 is 0 Å². The van der Waals surface area contributed by atoms with Crippen molar-refractivity contribution in [1.29, 1.82) is 0 Å². The van der Waals surface area contributed by atoms with Crippen LogP contribution in [0.2, 0.25) is 0 Å². The van der Waals surface area contributed by atoms with Crippen LogP contribution in [0.25, 0.3) is 0 Å². The van der Waals surface area contributed by atoms with Crippen molar-refractivity contribution < 1.29 is 4.74 Å². The van der Waals surface area contributed by atoms with Crippen molar-refractivity contribution in [2.24, 2.45) is 34.0 Å². The number of hydrogen-bond acceptors (Lipinski definition) is 1. The lowest BCUT2D eigenvalue weighted by Gasteiger charge is -2.59. The van der Waals surface area contributed by atoms with E-state index in [1.165, 1.54) is 25.7 Å². The molecular formula is C22H42O. The molecule has 1 saturated heterocycles. The Morgan fingerprint density at radius 1 is 0.826 bits per heavy atom. The molecule has 23 heavy (non-hydrogen) atoms. The van der Waals surface area contributed by atoms with Gasteiger partial charge in [0.2, 0.25) is 0 Å². The minimum absolute atomic E-state index is 0.000677. The Balaban J connectivity index is 2.31. The molecule has 1 nitrogen and oxygen atoms in total. The van der Waals surface area contributed by atoms with Crippen LogP contribution in [-0.4, -0.2) is 11.7 Å². The van der Waals surface area contributed by atoms with Gasteiger partial charge in [0.1, 0.15) is 0 Å². The van der Waals surface area contributed by atoms with Crippen LogP contribution in [0, 0.1) is 34.0 Å². The van der Waals surface area contributed by atoms with Gasteiger partial charge in [-0.25, -0.2) is 0 Å². The fraction of sp³-hybridized carbons (Fsp3) is 1.00. The quantitative estimate of drug-likeness (QED) is 0.482. The first-order valence-corrected chi connectivity index (χ1v) is 9.83. The van der Waals surface area contributed by atoms with E-state index in [0.29, 0.717) is 16.9 Å². The van der Waals surface area contributed by atoms with Crippen LogP contribution in [0.4, 0.5) is 0 Å². The van der Waals surface area contributed by atoms with Crippen LogP contribution in [0.5, 0.6) is 0 Å². The zero-order valence-corrected chi connectivity index (χ0v) is 17.5. The van der Waals surface area contributed by atoms with E-state index in [1.54, 1.807) is 0 Å². The van der Waals surface area contributed by atoms with Crippen molar-refractivity contribution in [3.8, 4) is 0 Å². The topological polar surface area (TPSA) is 9.23 Å². The third kappa shape index (κ3) is 3.80. The molecule has 0 amide bonds. The molecular weight excluding hydrogens is 280 g/mol. The summed E-state index contributed by atoms with van der Waals surface area (Å²) in [4.78, 5) is 0. The molecule has 2 aliphatic rings. The minimum atomic E-state index is 0.000677. The van der Waals surface area contributed by atoms with E-state index in [9.17, 15) is 0 Å². The molecule has 1 aliphatic carbocycles. The predicted octanol–water partition coefficient (Wildman–Crippen LogP) is 6.70. The summed E-state index contributed by atoms with van der Waals surface area (Å²) in [7, 11) is 0. The van der Waals surface area contributed by atoms with Gasteiger partial charge in [-0.1, -0.05) is 62.3 Å². The molecule has 2 rings (SSSR count). The Morgan fingerprint density at radius 2 is 1.39 bits per heavy atom.